The van der Waals surface area contributed by atoms with Gasteiger partial charge in [-0.15, -0.1) is 0 Å². The molecule has 5 nitrogen and oxygen atoms in total. The van der Waals surface area contributed by atoms with Crippen molar-refractivity contribution in [2.24, 2.45) is 17.3 Å². The molecule has 1 aromatic carbocycles. The standard InChI is InChI=1S/C16H19NO4/c1-16(2)12(13(16)15(19)20)14(18)17-7-6-9-8-10(21-3)4-5-11(9)17/h4-5,8,12-13H,6-7H2,1-3H3,(H,19,20)/t12-,13+/m0/s1. The number of carbonyl (C=O) groups is 2. The molecular formula is C16H19NO4. The summed E-state index contributed by atoms with van der Waals surface area (Å²) in [6, 6.07) is 5.65. The molecule has 1 saturated carbocycles. The second-order valence-corrected chi connectivity index (χ2v) is 6.35. The van der Waals surface area contributed by atoms with Crippen molar-refractivity contribution in [1.29, 1.82) is 0 Å². The first-order valence-electron chi connectivity index (χ1n) is 7.09. The van der Waals surface area contributed by atoms with Crippen molar-refractivity contribution < 1.29 is 19.4 Å². The molecule has 0 bridgehead atoms. The average Bonchev–Trinajstić information content (AvgIpc) is 2.81. The fourth-order valence-electron chi connectivity index (χ4n) is 3.46. The van der Waals surface area contributed by atoms with Gasteiger partial charge in [-0.2, -0.15) is 0 Å². The Hall–Kier alpha value is -2.04. The van der Waals surface area contributed by atoms with Crippen LogP contribution in [0.4, 0.5) is 5.69 Å². The molecule has 1 N–H and O–H groups in total. The quantitative estimate of drug-likeness (QED) is 0.923. The Labute approximate surface area is 123 Å². The molecule has 1 fully saturated rings. The molecule has 0 unspecified atom stereocenters. The molecule has 0 radical (unpaired) electrons. The van der Waals surface area contributed by atoms with E-state index in [-0.39, 0.29) is 5.91 Å². The zero-order chi connectivity index (χ0) is 15.4. The van der Waals surface area contributed by atoms with Crippen LogP contribution in [0.1, 0.15) is 19.4 Å². The number of carboxylic acids is 1. The molecule has 1 aliphatic heterocycles. The number of nitrogens with zero attached hydrogens (tertiary/aromatic N) is 1. The Kier molecular flexibility index (Phi) is 2.97. The molecule has 0 saturated heterocycles. The van der Waals surface area contributed by atoms with Crippen LogP contribution in [0.2, 0.25) is 0 Å². The topological polar surface area (TPSA) is 66.8 Å². The molecule has 1 heterocycles. The summed E-state index contributed by atoms with van der Waals surface area (Å²) in [7, 11) is 1.61. The van der Waals surface area contributed by atoms with Crippen LogP contribution in [0.3, 0.4) is 0 Å². The summed E-state index contributed by atoms with van der Waals surface area (Å²) in [4.78, 5) is 25.7. The second kappa shape index (κ2) is 4.48. The van der Waals surface area contributed by atoms with Gasteiger partial charge in [0.15, 0.2) is 0 Å². The molecule has 2 atom stereocenters. The van der Waals surface area contributed by atoms with Crippen LogP contribution >= 0.6 is 0 Å². The Morgan fingerprint density at radius 1 is 1.33 bits per heavy atom. The van der Waals surface area contributed by atoms with Gasteiger partial charge < -0.3 is 14.7 Å². The number of rotatable bonds is 3. The van der Waals surface area contributed by atoms with E-state index in [0.717, 1.165) is 23.4 Å². The minimum absolute atomic E-state index is 0.0729. The number of methoxy groups -OCH3 is 1. The number of hydrogen-bond donors (Lipinski definition) is 1. The van der Waals surface area contributed by atoms with Crippen molar-refractivity contribution in [3.8, 4) is 5.75 Å². The number of hydrogen-bond acceptors (Lipinski definition) is 3. The van der Waals surface area contributed by atoms with E-state index < -0.39 is 23.2 Å². The van der Waals surface area contributed by atoms with Crippen LogP contribution in [0.25, 0.3) is 0 Å². The van der Waals surface area contributed by atoms with Gasteiger partial charge in [-0.25, -0.2) is 0 Å². The van der Waals surface area contributed by atoms with Gasteiger partial charge in [-0.05, 0) is 35.6 Å². The lowest BCUT2D eigenvalue weighted by Gasteiger charge is -2.18. The summed E-state index contributed by atoms with van der Waals surface area (Å²) in [6.07, 6.45) is 0.781. The lowest BCUT2D eigenvalue weighted by atomic mass is 10.1. The van der Waals surface area contributed by atoms with Crippen molar-refractivity contribution >= 4 is 17.6 Å². The first kappa shape index (κ1) is 13.9. The number of carboxylic acid groups (broad SMARTS) is 1. The zero-order valence-electron chi connectivity index (χ0n) is 12.4. The maximum Gasteiger partial charge on any atom is 0.307 e. The number of carbonyl (C=O) groups excluding carboxylic acids is 1. The highest BCUT2D eigenvalue weighted by Crippen LogP contribution is 2.59. The molecule has 0 spiro atoms. The maximum absolute atomic E-state index is 12.7. The van der Waals surface area contributed by atoms with E-state index in [1.165, 1.54) is 0 Å². The van der Waals surface area contributed by atoms with E-state index in [4.69, 9.17) is 4.74 Å². The van der Waals surface area contributed by atoms with E-state index in [9.17, 15) is 14.7 Å². The van der Waals surface area contributed by atoms with Crippen LogP contribution < -0.4 is 9.64 Å². The number of fused-ring (bicyclic) bond motifs is 1. The largest absolute Gasteiger partial charge is 0.497 e. The summed E-state index contributed by atoms with van der Waals surface area (Å²) in [5, 5.41) is 9.23. The zero-order valence-corrected chi connectivity index (χ0v) is 12.4. The van der Waals surface area contributed by atoms with Gasteiger partial charge in [0.1, 0.15) is 5.75 Å². The summed E-state index contributed by atoms with van der Waals surface area (Å²) in [6.45, 7) is 4.30. The van der Waals surface area contributed by atoms with Crippen molar-refractivity contribution in [1.82, 2.24) is 0 Å². The lowest BCUT2D eigenvalue weighted by molar-refractivity contribution is -0.140. The minimum atomic E-state index is -0.882. The van der Waals surface area contributed by atoms with Crippen molar-refractivity contribution in [2.75, 3.05) is 18.6 Å². The Morgan fingerprint density at radius 2 is 2.05 bits per heavy atom. The minimum Gasteiger partial charge on any atom is -0.497 e. The van der Waals surface area contributed by atoms with Gasteiger partial charge in [0.25, 0.3) is 0 Å². The van der Waals surface area contributed by atoms with Crippen molar-refractivity contribution in [2.45, 2.75) is 20.3 Å². The lowest BCUT2D eigenvalue weighted by Crippen LogP contribution is -2.32. The summed E-state index contributed by atoms with van der Waals surface area (Å²) in [5.74, 6) is -1.18. The third-order valence-electron chi connectivity index (χ3n) is 4.81. The van der Waals surface area contributed by atoms with Crippen LogP contribution in [0.5, 0.6) is 5.75 Å². The van der Waals surface area contributed by atoms with E-state index in [0.29, 0.717) is 6.54 Å². The van der Waals surface area contributed by atoms with E-state index in [1.54, 1.807) is 12.0 Å². The van der Waals surface area contributed by atoms with Gasteiger partial charge in [-0.3, -0.25) is 9.59 Å². The third kappa shape index (κ3) is 1.99. The molecule has 0 aromatic heterocycles. The van der Waals surface area contributed by atoms with E-state index in [1.807, 2.05) is 32.0 Å². The van der Waals surface area contributed by atoms with Gasteiger partial charge in [0, 0.05) is 12.2 Å². The van der Waals surface area contributed by atoms with Gasteiger partial charge in [0.2, 0.25) is 5.91 Å². The third-order valence-corrected chi connectivity index (χ3v) is 4.81. The van der Waals surface area contributed by atoms with Crippen molar-refractivity contribution in [3.63, 3.8) is 0 Å². The Morgan fingerprint density at radius 3 is 2.62 bits per heavy atom. The monoisotopic (exact) mass is 289 g/mol. The van der Waals surface area contributed by atoms with Gasteiger partial charge in [0.05, 0.1) is 18.9 Å². The van der Waals surface area contributed by atoms with Crippen LogP contribution in [0, 0.1) is 17.3 Å². The predicted octanol–water partition coefficient (Wildman–Crippen LogP) is 1.94. The molecule has 1 aromatic rings. The molecule has 112 valence electrons. The maximum atomic E-state index is 12.7. The number of benzene rings is 1. The Bertz CT molecular complexity index is 623. The first-order valence-corrected chi connectivity index (χ1v) is 7.09. The van der Waals surface area contributed by atoms with E-state index in [2.05, 4.69) is 0 Å². The SMILES string of the molecule is COc1ccc2c(c1)CCN2C(=O)[C@@H]1[C@H](C(=O)O)C1(C)C. The highest BCUT2D eigenvalue weighted by Gasteiger charge is 2.66. The molecule has 21 heavy (non-hydrogen) atoms. The number of ether oxygens (including phenoxy) is 1. The van der Waals surface area contributed by atoms with Gasteiger partial charge >= 0.3 is 5.97 Å². The normalized spacial score (nSPS) is 25.4. The molecule has 1 amide bonds. The number of aliphatic carboxylic acids is 1. The van der Waals surface area contributed by atoms with Crippen LogP contribution in [-0.2, 0) is 16.0 Å². The molecule has 2 aliphatic rings. The number of amides is 1. The Balaban J connectivity index is 1.85. The van der Waals surface area contributed by atoms with Crippen LogP contribution in [0.15, 0.2) is 18.2 Å². The molecule has 1 aliphatic carbocycles. The molecule has 5 heteroatoms. The van der Waals surface area contributed by atoms with Crippen molar-refractivity contribution in [3.05, 3.63) is 23.8 Å². The second-order valence-electron chi connectivity index (χ2n) is 6.35. The van der Waals surface area contributed by atoms with Crippen LogP contribution in [-0.4, -0.2) is 30.6 Å². The fourth-order valence-corrected chi connectivity index (χ4v) is 3.46. The fraction of sp³-hybridized carbons (Fsp3) is 0.500. The summed E-state index contributed by atoms with van der Waals surface area (Å²) >= 11 is 0. The average molecular weight is 289 g/mol. The highest BCUT2D eigenvalue weighted by atomic mass is 16.5. The summed E-state index contributed by atoms with van der Waals surface area (Å²) in [5.41, 5.74) is 1.50. The number of anilines is 1. The van der Waals surface area contributed by atoms with E-state index >= 15 is 0 Å². The predicted molar refractivity (Wildman–Crippen MR) is 77.4 cm³/mol. The highest BCUT2D eigenvalue weighted by molar-refractivity contribution is 6.02. The van der Waals surface area contributed by atoms with Gasteiger partial charge in [-0.1, -0.05) is 13.8 Å². The molecule has 3 rings (SSSR count). The molecular weight excluding hydrogens is 270 g/mol. The smallest absolute Gasteiger partial charge is 0.307 e. The first-order chi connectivity index (χ1) is 9.87. The summed E-state index contributed by atoms with van der Waals surface area (Å²) < 4.78 is 5.20.